The van der Waals surface area contributed by atoms with Crippen LogP contribution in [0.1, 0.15) is 29.2 Å². The maximum atomic E-state index is 12.7. The molecule has 2 fully saturated rings. The van der Waals surface area contributed by atoms with Gasteiger partial charge in [-0.3, -0.25) is 24.2 Å². The van der Waals surface area contributed by atoms with Gasteiger partial charge in [-0.15, -0.1) is 0 Å². The smallest absolute Gasteiger partial charge is 0.254 e. The van der Waals surface area contributed by atoms with Gasteiger partial charge in [0.05, 0.1) is 29.0 Å². The van der Waals surface area contributed by atoms with Crippen molar-refractivity contribution in [2.75, 3.05) is 24.5 Å². The Balaban J connectivity index is 1.26. The van der Waals surface area contributed by atoms with Crippen LogP contribution in [0.15, 0.2) is 43.0 Å². The van der Waals surface area contributed by atoms with Crippen LogP contribution in [0.2, 0.25) is 0 Å². The molecular formula is C19H18N6O2. The number of aromatic nitrogens is 4. The third-order valence-corrected chi connectivity index (χ3v) is 5.21. The van der Waals surface area contributed by atoms with Crippen molar-refractivity contribution in [3.05, 3.63) is 48.5 Å². The van der Waals surface area contributed by atoms with E-state index < -0.39 is 0 Å². The number of carbonyl (C=O) groups excluding carboxylic acids is 2. The van der Waals surface area contributed by atoms with Gasteiger partial charge < -0.3 is 9.80 Å². The largest absolute Gasteiger partial charge is 0.334 e. The third-order valence-electron chi connectivity index (χ3n) is 5.21. The highest BCUT2D eigenvalue weighted by atomic mass is 16.2. The number of hydrogen-bond acceptors (Lipinski definition) is 5. The molecule has 0 atom stereocenters. The van der Waals surface area contributed by atoms with E-state index in [1.807, 2.05) is 16.9 Å². The van der Waals surface area contributed by atoms with Gasteiger partial charge in [-0.25, -0.2) is 0 Å². The maximum absolute atomic E-state index is 12.7. The predicted molar refractivity (Wildman–Crippen MR) is 98.3 cm³/mol. The summed E-state index contributed by atoms with van der Waals surface area (Å²) in [7, 11) is 0. The van der Waals surface area contributed by atoms with Crippen LogP contribution >= 0.6 is 0 Å². The molecule has 3 aromatic rings. The fraction of sp³-hybridized carbons (Fsp3) is 0.316. The van der Waals surface area contributed by atoms with Gasteiger partial charge in [0.2, 0.25) is 5.91 Å². The summed E-state index contributed by atoms with van der Waals surface area (Å²) >= 11 is 0. The lowest BCUT2D eigenvalue weighted by Gasteiger charge is -2.39. The monoisotopic (exact) mass is 362 g/mol. The molecule has 0 radical (unpaired) electrons. The molecule has 27 heavy (non-hydrogen) atoms. The standard InChI is InChI=1S/C19H18N6O2/c26-18-2-1-7-24(18)14-9-22-25(12-14)15-10-23(11-15)19(27)13-3-4-16-17(8-13)21-6-5-20-16/h3-6,8-9,12,15H,1-2,7,10-11H2. The fourth-order valence-electron chi connectivity index (χ4n) is 3.66. The minimum atomic E-state index is -0.0131. The Kier molecular flexibility index (Phi) is 3.63. The molecule has 0 bridgehead atoms. The van der Waals surface area contributed by atoms with E-state index in [0.29, 0.717) is 30.6 Å². The molecule has 0 N–H and O–H groups in total. The summed E-state index contributed by atoms with van der Waals surface area (Å²) in [6.07, 6.45) is 8.39. The minimum absolute atomic E-state index is 0.0131. The minimum Gasteiger partial charge on any atom is -0.334 e. The van der Waals surface area contributed by atoms with Crippen LogP contribution in [0.5, 0.6) is 0 Å². The number of fused-ring (bicyclic) bond motifs is 1. The molecule has 5 rings (SSSR count). The first-order chi connectivity index (χ1) is 13.2. The number of amides is 2. The molecule has 0 aliphatic carbocycles. The summed E-state index contributed by atoms with van der Waals surface area (Å²) in [5.74, 6) is 0.139. The van der Waals surface area contributed by atoms with E-state index in [-0.39, 0.29) is 17.9 Å². The third kappa shape index (κ3) is 2.73. The second kappa shape index (κ2) is 6.15. The van der Waals surface area contributed by atoms with Crippen molar-refractivity contribution in [2.24, 2.45) is 0 Å². The Morgan fingerprint density at radius 3 is 2.70 bits per heavy atom. The summed E-state index contributed by atoms with van der Waals surface area (Å²) in [6.45, 7) is 1.96. The van der Waals surface area contributed by atoms with Crippen LogP contribution in [-0.2, 0) is 4.79 Å². The lowest BCUT2D eigenvalue weighted by molar-refractivity contribution is -0.117. The van der Waals surface area contributed by atoms with Gasteiger partial charge in [0.25, 0.3) is 5.91 Å². The van der Waals surface area contributed by atoms with Gasteiger partial charge in [0.15, 0.2) is 0 Å². The summed E-state index contributed by atoms with van der Waals surface area (Å²) in [6, 6.07) is 5.53. The zero-order valence-electron chi connectivity index (χ0n) is 14.7. The van der Waals surface area contributed by atoms with Crippen LogP contribution in [0, 0.1) is 0 Å². The Hall–Kier alpha value is -3.29. The molecule has 2 aliphatic heterocycles. The van der Waals surface area contributed by atoms with Gasteiger partial charge in [-0.05, 0) is 24.6 Å². The SMILES string of the molecule is O=C(c1ccc2nccnc2c1)N1CC(n2cc(N3CCCC3=O)cn2)C1. The predicted octanol–water partition coefficient (Wildman–Crippen LogP) is 1.65. The van der Waals surface area contributed by atoms with Crippen molar-refractivity contribution in [1.29, 1.82) is 0 Å². The number of rotatable bonds is 3. The normalized spacial score (nSPS) is 17.6. The van der Waals surface area contributed by atoms with Crippen LogP contribution in [0.25, 0.3) is 11.0 Å². The van der Waals surface area contributed by atoms with Crippen molar-refractivity contribution >= 4 is 28.5 Å². The Morgan fingerprint density at radius 1 is 1.11 bits per heavy atom. The first kappa shape index (κ1) is 15.9. The van der Waals surface area contributed by atoms with Gasteiger partial charge in [-0.1, -0.05) is 0 Å². The molecule has 2 aromatic heterocycles. The topological polar surface area (TPSA) is 84.2 Å². The molecule has 2 aliphatic rings. The van der Waals surface area contributed by atoms with Crippen LogP contribution < -0.4 is 4.90 Å². The fourth-order valence-corrected chi connectivity index (χ4v) is 3.66. The van der Waals surface area contributed by atoms with Crippen molar-refractivity contribution < 1.29 is 9.59 Å². The summed E-state index contributed by atoms with van der Waals surface area (Å²) in [5, 5.41) is 4.39. The maximum Gasteiger partial charge on any atom is 0.254 e. The summed E-state index contributed by atoms with van der Waals surface area (Å²) in [4.78, 5) is 36.6. The number of anilines is 1. The van der Waals surface area contributed by atoms with Crippen molar-refractivity contribution in [2.45, 2.75) is 18.9 Å². The highest BCUT2D eigenvalue weighted by Crippen LogP contribution is 2.27. The van der Waals surface area contributed by atoms with Gasteiger partial charge >= 0.3 is 0 Å². The van der Waals surface area contributed by atoms with Gasteiger partial charge in [0, 0.05) is 50.2 Å². The molecule has 0 unspecified atom stereocenters. The molecule has 2 amide bonds. The molecule has 8 heteroatoms. The van der Waals surface area contributed by atoms with Crippen LogP contribution in [0.4, 0.5) is 5.69 Å². The van der Waals surface area contributed by atoms with Gasteiger partial charge in [-0.2, -0.15) is 5.10 Å². The molecule has 2 saturated heterocycles. The van der Waals surface area contributed by atoms with E-state index in [1.165, 1.54) is 0 Å². The Morgan fingerprint density at radius 2 is 1.93 bits per heavy atom. The number of hydrogen-bond donors (Lipinski definition) is 0. The second-order valence-electron chi connectivity index (χ2n) is 6.95. The van der Waals surface area contributed by atoms with E-state index in [1.54, 1.807) is 40.5 Å². The summed E-state index contributed by atoms with van der Waals surface area (Å²) < 4.78 is 1.86. The molecule has 1 aromatic carbocycles. The van der Waals surface area contributed by atoms with E-state index in [2.05, 4.69) is 15.1 Å². The number of carbonyl (C=O) groups is 2. The molecular weight excluding hydrogens is 344 g/mol. The van der Waals surface area contributed by atoms with E-state index in [0.717, 1.165) is 24.2 Å². The lowest BCUT2D eigenvalue weighted by atomic mass is 10.1. The molecule has 0 saturated carbocycles. The van der Waals surface area contributed by atoms with Crippen molar-refractivity contribution in [1.82, 2.24) is 24.6 Å². The molecule has 8 nitrogen and oxygen atoms in total. The van der Waals surface area contributed by atoms with E-state index in [4.69, 9.17) is 0 Å². The zero-order chi connectivity index (χ0) is 18.4. The first-order valence-electron chi connectivity index (χ1n) is 9.03. The van der Waals surface area contributed by atoms with E-state index in [9.17, 15) is 9.59 Å². The molecule has 136 valence electrons. The van der Waals surface area contributed by atoms with E-state index >= 15 is 0 Å². The molecule has 4 heterocycles. The quantitative estimate of drug-likeness (QED) is 0.707. The Labute approximate surface area is 155 Å². The number of benzene rings is 1. The highest BCUT2D eigenvalue weighted by Gasteiger charge is 2.34. The average molecular weight is 362 g/mol. The Bertz CT molecular complexity index is 1040. The first-order valence-corrected chi connectivity index (χ1v) is 9.03. The van der Waals surface area contributed by atoms with Crippen LogP contribution in [0.3, 0.4) is 0 Å². The number of nitrogens with zero attached hydrogens (tertiary/aromatic N) is 6. The summed E-state index contributed by atoms with van der Waals surface area (Å²) in [5.41, 5.74) is 2.95. The second-order valence-corrected chi connectivity index (χ2v) is 6.95. The number of likely N-dealkylation sites (tertiary alicyclic amines) is 1. The lowest BCUT2D eigenvalue weighted by Crippen LogP contribution is -2.50. The highest BCUT2D eigenvalue weighted by molar-refractivity contribution is 5.97. The zero-order valence-corrected chi connectivity index (χ0v) is 14.7. The van der Waals surface area contributed by atoms with Crippen LogP contribution in [-0.4, -0.2) is 56.1 Å². The van der Waals surface area contributed by atoms with Crippen molar-refractivity contribution in [3.8, 4) is 0 Å². The van der Waals surface area contributed by atoms with Gasteiger partial charge in [0.1, 0.15) is 0 Å². The average Bonchev–Trinajstić information content (AvgIpc) is 3.29. The van der Waals surface area contributed by atoms with Crippen molar-refractivity contribution in [3.63, 3.8) is 0 Å². The molecule has 0 spiro atoms.